The highest BCUT2D eigenvalue weighted by Crippen LogP contribution is 2.28. The molecule has 1 aliphatic rings. The minimum atomic E-state index is 0.378. The van der Waals surface area contributed by atoms with Gasteiger partial charge in [0.25, 0.3) is 0 Å². The highest BCUT2D eigenvalue weighted by Gasteiger charge is 2.26. The molecule has 3 rings (SSSR count). The maximum absolute atomic E-state index is 5.16. The minimum Gasteiger partial charge on any atom is -0.383 e. The van der Waals surface area contributed by atoms with Crippen LogP contribution in [0.5, 0.6) is 0 Å². The number of ether oxygens (including phenoxy) is 1. The summed E-state index contributed by atoms with van der Waals surface area (Å²) >= 11 is 0. The molecule has 0 radical (unpaired) electrons. The van der Waals surface area contributed by atoms with Crippen molar-refractivity contribution in [2.24, 2.45) is 0 Å². The number of aryl methyl sites for hydroxylation is 1. The van der Waals surface area contributed by atoms with Crippen molar-refractivity contribution in [3.05, 3.63) is 30.2 Å². The van der Waals surface area contributed by atoms with Crippen molar-refractivity contribution in [1.29, 1.82) is 0 Å². The van der Waals surface area contributed by atoms with Crippen LogP contribution in [0.25, 0.3) is 0 Å². The summed E-state index contributed by atoms with van der Waals surface area (Å²) in [5.74, 6) is 2.43. The SMILES string of the molecule is COCCn1cnnc1C1CCCN(c2cc(C)ncn2)C1. The average Bonchev–Trinajstić information content (AvgIpc) is 3.01. The summed E-state index contributed by atoms with van der Waals surface area (Å²) in [6.45, 7) is 5.41. The molecule has 0 saturated carbocycles. The summed E-state index contributed by atoms with van der Waals surface area (Å²) in [5, 5.41) is 8.41. The van der Waals surface area contributed by atoms with Gasteiger partial charge in [0, 0.05) is 44.4 Å². The number of hydrogen-bond donors (Lipinski definition) is 0. The molecule has 118 valence electrons. The average molecular weight is 302 g/mol. The molecule has 3 heterocycles. The van der Waals surface area contributed by atoms with Gasteiger partial charge in [-0.05, 0) is 19.8 Å². The van der Waals surface area contributed by atoms with Gasteiger partial charge in [-0.2, -0.15) is 0 Å². The smallest absolute Gasteiger partial charge is 0.137 e. The number of anilines is 1. The molecule has 2 aromatic rings. The normalized spacial score (nSPS) is 18.6. The molecular formula is C15H22N6O. The zero-order valence-electron chi connectivity index (χ0n) is 13.1. The molecule has 22 heavy (non-hydrogen) atoms. The van der Waals surface area contributed by atoms with Crippen molar-refractivity contribution in [1.82, 2.24) is 24.7 Å². The van der Waals surface area contributed by atoms with Crippen LogP contribution in [0.1, 0.15) is 30.3 Å². The molecule has 1 saturated heterocycles. The van der Waals surface area contributed by atoms with Crippen LogP contribution < -0.4 is 4.90 Å². The van der Waals surface area contributed by atoms with E-state index in [1.54, 1.807) is 19.8 Å². The number of rotatable bonds is 5. The van der Waals surface area contributed by atoms with Gasteiger partial charge in [-0.25, -0.2) is 9.97 Å². The van der Waals surface area contributed by atoms with Gasteiger partial charge < -0.3 is 14.2 Å². The van der Waals surface area contributed by atoms with E-state index in [1.807, 2.05) is 13.0 Å². The summed E-state index contributed by atoms with van der Waals surface area (Å²) in [4.78, 5) is 10.9. The van der Waals surface area contributed by atoms with Crippen LogP contribution in [0.15, 0.2) is 18.7 Å². The van der Waals surface area contributed by atoms with Gasteiger partial charge in [-0.3, -0.25) is 0 Å². The fourth-order valence-corrected chi connectivity index (χ4v) is 2.95. The number of methoxy groups -OCH3 is 1. The number of piperidine rings is 1. The Morgan fingerprint density at radius 1 is 1.36 bits per heavy atom. The largest absolute Gasteiger partial charge is 0.383 e. The first-order chi connectivity index (χ1) is 10.8. The molecule has 0 bridgehead atoms. The van der Waals surface area contributed by atoms with Gasteiger partial charge >= 0.3 is 0 Å². The topological polar surface area (TPSA) is 69.0 Å². The van der Waals surface area contributed by atoms with E-state index >= 15 is 0 Å². The van der Waals surface area contributed by atoms with Crippen LogP contribution >= 0.6 is 0 Å². The van der Waals surface area contributed by atoms with E-state index in [0.29, 0.717) is 12.5 Å². The third-order valence-corrected chi connectivity index (χ3v) is 4.08. The standard InChI is InChI=1S/C15H22N6O/c1-12-8-14(17-10-16-12)20-5-3-4-13(9-20)15-19-18-11-21(15)6-7-22-2/h8,10-11,13H,3-7,9H2,1-2H3. The second kappa shape index (κ2) is 6.83. The van der Waals surface area contributed by atoms with E-state index in [-0.39, 0.29) is 0 Å². The van der Waals surface area contributed by atoms with Crippen LogP contribution in [0.2, 0.25) is 0 Å². The molecule has 1 unspecified atom stereocenters. The second-order valence-electron chi connectivity index (χ2n) is 5.68. The monoisotopic (exact) mass is 302 g/mol. The first kappa shape index (κ1) is 14.9. The molecule has 0 aliphatic carbocycles. The third-order valence-electron chi connectivity index (χ3n) is 4.08. The van der Waals surface area contributed by atoms with Gasteiger partial charge in [0.2, 0.25) is 0 Å². The Hall–Kier alpha value is -2.02. The molecule has 7 nitrogen and oxygen atoms in total. The van der Waals surface area contributed by atoms with Gasteiger partial charge in [0.05, 0.1) is 6.61 Å². The molecule has 1 fully saturated rings. The number of hydrogen-bond acceptors (Lipinski definition) is 6. The van der Waals surface area contributed by atoms with Crippen molar-refractivity contribution >= 4 is 5.82 Å². The van der Waals surface area contributed by atoms with Crippen LogP contribution in [-0.4, -0.2) is 51.5 Å². The van der Waals surface area contributed by atoms with E-state index < -0.39 is 0 Å². The Kier molecular flexibility index (Phi) is 4.62. The molecule has 7 heteroatoms. The fraction of sp³-hybridized carbons (Fsp3) is 0.600. The summed E-state index contributed by atoms with van der Waals surface area (Å²) in [6.07, 6.45) is 5.69. The van der Waals surface area contributed by atoms with E-state index in [9.17, 15) is 0 Å². The minimum absolute atomic E-state index is 0.378. The zero-order chi connectivity index (χ0) is 15.4. The Bertz CT molecular complexity index is 614. The van der Waals surface area contributed by atoms with E-state index in [2.05, 4.69) is 29.6 Å². The quantitative estimate of drug-likeness (QED) is 0.832. The van der Waals surface area contributed by atoms with E-state index in [1.165, 1.54) is 0 Å². The van der Waals surface area contributed by atoms with Crippen LogP contribution in [0.3, 0.4) is 0 Å². The number of nitrogens with zero attached hydrogens (tertiary/aromatic N) is 6. The van der Waals surface area contributed by atoms with Gasteiger partial charge in [0.15, 0.2) is 0 Å². The maximum Gasteiger partial charge on any atom is 0.137 e. The molecule has 0 N–H and O–H groups in total. The zero-order valence-corrected chi connectivity index (χ0v) is 13.1. The lowest BCUT2D eigenvalue weighted by Crippen LogP contribution is -2.36. The summed E-state index contributed by atoms with van der Waals surface area (Å²) in [6, 6.07) is 2.04. The van der Waals surface area contributed by atoms with Gasteiger partial charge in [-0.1, -0.05) is 0 Å². The molecular weight excluding hydrogens is 280 g/mol. The van der Waals surface area contributed by atoms with E-state index in [4.69, 9.17) is 4.74 Å². The Morgan fingerprint density at radius 2 is 2.27 bits per heavy atom. The van der Waals surface area contributed by atoms with Crippen molar-refractivity contribution in [3.8, 4) is 0 Å². The van der Waals surface area contributed by atoms with Crippen LogP contribution in [0, 0.1) is 6.92 Å². The molecule has 1 aliphatic heterocycles. The summed E-state index contributed by atoms with van der Waals surface area (Å²) in [7, 11) is 1.71. The summed E-state index contributed by atoms with van der Waals surface area (Å²) < 4.78 is 7.26. The Morgan fingerprint density at radius 3 is 3.09 bits per heavy atom. The van der Waals surface area contributed by atoms with Crippen molar-refractivity contribution < 1.29 is 4.74 Å². The lowest BCUT2D eigenvalue weighted by atomic mass is 9.97. The van der Waals surface area contributed by atoms with Gasteiger partial charge in [0.1, 0.15) is 24.3 Å². The van der Waals surface area contributed by atoms with Crippen molar-refractivity contribution in [2.75, 3.05) is 31.7 Å². The summed E-state index contributed by atoms with van der Waals surface area (Å²) in [5.41, 5.74) is 0.996. The number of aromatic nitrogens is 5. The second-order valence-corrected chi connectivity index (χ2v) is 5.68. The third kappa shape index (κ3) is 3.24. The first-order valence-corrected chi connectivity index (χ1v) is 7.68. The predicted octanol–water partition coefficient (Wildman–Crippen LogP) is 1.41. The fourth-order valence-electron chi connectivity index (χ4n) is 2.95. The lowest BCUT2D eigenvalue weighted by Gasteiger charge is -2.33. The lowest BCUT2D eigenvalue weighted by molar-refractivity contribution is 0.185. The van der Waals surface area contributed by atoms with Gasteiger partial charge in [-0.15, -0.1) is 10.2 Å². The molecule has 0 spiro atoms. The molecule has 0 aromatic carbocycles. The van der Waals surface area contributed by atoms with Crippen molar-refractivity contribution in [3.63, 3.8) is 0 Å². The predicted molar refractivity (Wildman–Crippen MR) is 82.9 cm³/mol. The van der Waals surface area contributed by atoms with Crippen LogP contribution in [-0.2, 0) is 11.3 Å². The highest BCUT2D eigenvalue weighted by molar-refractivity contribution is 5.39. The maximum atomic E-state index is 5.16. The first-order valence-electron chi connectivity index (χ1n) is 7.68. The Labute approximate surface area is 130 Å². The van der Waals surface area contributed by atoms with Crippen molar-refractivity contribution in [2.45, 2.75) is 32.2 Å². The highest BCUT2D eigenvalue weighted by atomic mass is 16.5. The Balaban J connectivity index is 1.74. The van der Waals surface area contributed by atoms with E-state index in [0.717, 1.165) is 49.8 Å². The molecule has 2 aromatic heterocycles. The molecule has 0 amide bonds. The van der Waals surface area contributed by atoms with Crippen LogP contribution in [0.4, 0.5) is 5.82 Å². The molecule has 1 atom stereocenters.